The number of carbonyl (C=O) groups excluding carboxylic acids is 1. The van der Waals surface area contributed by atoms with Gasteiger partial charge in [0, 0.05) is 12.0 Å². The van der Waals surface area contributed by atoms with Crippen LogP contribution in [-0.2, 0) is 4.79 Å². The maximum Gasteiger partial charge on any atom is 0.146 e. The zero-order valence-electron chi connectivity index (χ0n) is 12.7. The summed E-state index contributed by atoms with van der Waals surface area (Å²) in [7, 11) is 0. The summed E-state index contributed by atoms with van der Waals surface area (Å²) in [6, 6.07) is 0. The highest BCUT2D eigenvalue weighted by Gasteiger charge is 2.12. The quantitative estimate of drug-likeness (QED) is 0.684. The maximum atomic E-state index is 11.6. The lowest BCUT2D eigenvalue weighted by molar-refractivity contribution is -0.118. The average Bonchev–Trinajstić information content (AvgIpc) is 2.11. The van der Waals surface area contributed by atoms with Crippen LogP contribution < -0.4 is 5.32 Å². The van der Waals surface area contributed by atoms with E-state index in [2.05, 4.69) is 46.9 Å². The van der Waals surface area contributed by atoms with Gasteiger partial charge >= 0.3 is 0 Å². The minimum Gasteiger partial charge on any atom is -0.305 e. The maximum absolute atomic E-state index is 11.6. The van der Waals surface area contributed by atoms with Gasteiger partial charge in [0.25, 0.3) is 0 Å². The molecule has 0 radical (unpaired) electrons. The molecule has 0 aliphatic carbocycles. The molecule has 0 atom stereocenters. The molecule has 0 spiro atoms. The van der Waals surface area contributed by atoms with Crippen molar-refractivity contribution in [3.63, 3.8) is 0 Å². The summed E-state index contributed by atoms with van der Waals surface area (Å²) in [4.78, 5) is 11.6. The molecule has 0 aromatic rings. The van der Waals surface area contributed by atoms with Crippen molar-refractivity contribution >= 4 is 5.78 Å². The highest BCUT2D eigenvalue weighted by molar-refractivity contribution is 5.80. The van der Waals surface area contributed by atoms with Gasteiger partial charge in [0.05, 0.1) is 6.54 Å². The third kappa shape index (κ3) is 13.6. The number of rotatable bonds is 7. The lowest BCUT2D eigenvalue weighted by Gasteiger charge is -2.20. The number of hydrogen-bond acceptors (Lipinski definition) is 2. The van der Waals surface area contributed by atoms with Crippen molar-refractivity contribution in [1.82, 2.24) is 5.32 Å². The minimum atomic E-state index is 0.0435. The van der Waals surface area contributed by atoms with Gasteiger partial charge in [0.15, 0.2) is 0 Å². The Balaban J connectivity index is 3.47. The summed E-state index contributed by atoms with van der Waals surface area (Å²) in [5, 5.41) is 3.24. The predicted molar refractivity (Wildman–Crippen MR) is 75.3 cm³/mol. The zero-order valence-corrected chi connectivity index (χ0v) is 12.7. The molecule has 17 heavy (non-hydrogen) atoms. The van der Waals surface area contributed by atoms with E-state index in [-0.39, 0.29) is 5.54 Å². The summed E-state index contributed by atoms with van der Waals surface area (Å²) < 4.78 is 0. The fourth-order valence-corrected chi connectivity index (χ4v) is 1.61. The van der Waals surface area contributed by atoms with E-state index in [0.717, 1.165) is 12.8 Å². The topological polar surface area (TPSA) is 29.1 Å². The summed E-state index contributed by atoms with van der Waals surface area (Å²) in [5.41, 5.74) is 0.472. The van der Waals surface area contributed by atoms with Crippen LogP contribution in [0.2, 0.25) is 0 Å². The van der Waals surface area contributed by atoms with Gasteiger partial charge in [0.2, 0.25) is 0 Å². The van der Waals surface area contributed by atoms with Gasteiger partial charge in [-0.2, -0.15) is 0 Å². The number of nitrogens with one attached hydrogen (secondary N) is 1. The third-order valence-corrected chi connectivity index (χ3v) is 2.70. The van der Waals surface area contributed by atoms with Crippen molar-refractivity contribution in [2.45, 2.75) is 79.2 Å². The fraction of sp³-hybridized carbons (Fsp3) is 0.933. The van der Waals surface area contributed by atoms with Crippen LogP contribution in [-0.4, -0.2) is 17.9 Å². The second-order valence-corrected chi connectivity index (χ2v) is 7.26. The van der Waals surface area contributed by atoms with Crippen molar-refractivity contribution in [2.24, 2.45) is 5.41 Å². The Kier molecular flexibility index (Phi) is 6.99. The molecular weight excluding hydrogens is 210 g/mol. The van der Waals surface area contributed by atoms with Crippen molar-refractivity contribution in [1.29, 1.82) is 0 Å². The van der Waals surface area contributed by atoms with E-state index in [1.165, 1.54) is 19.3 Å². The number of ketones is 1. The van der Waals surface area contributed by atoms with Crippen molar-refractivity contribution in [3.05, 3.63) is 0 Å². The van der Waals surface area contributed by atoms with Gasteiger partial charge in [0.1, 0.15) is 5.78 Å². The molecule has 1 N–H and O–H groups in total. The predicted octanol–water partition coefficient (Wildman–Crippen LogP) is 3.94. The van der Waals surface area contributed by atoms with Crippen LogP contribution in [0.1, 0.15) is 73.6 Å². The average molecular weight is 241 g/mol. The molecule has 0 aromatic carbocycles. The third-order valence-electron chi connectivity index (χ3n) is 2.70. The Morgan fingerprint density at radius 1 is 0.941 bits per heavy atom. The highest BCUT2D eigenvalue weighted by Crippen LogP contribution is 2.22. The van der Waals surface area contributed by atoms with Crippen LogP contribution in [0.4, 0.5) is 0 Å². The molecule has 0 fully saturated rings. The summed E-state index contributed by atoms with van der Waals surface area (Å²) in [6.07, 6.45) is 5.44. The second-order valence-electron chi connectivity index (χ2n) is 7.26. The smallest absolute Gasteiger partial charge is 0.146 e. The molecule has 0 bridgehead atoms. The van der Waals surface area contributed by atoms with E-state index < -0.39 is 0 Å². The number of unbranched alkanes of at least 4 members (excludes halogenated alkanes) is 2. The van der Waals surface area contributed by atoms with Gasteiger partial charge in [-0.1, -0.05) is 33.6 Å². The number of Topliss-reactive ketones (excluding diaryl/α,β-unsaturated/α-hetero) is 1. The lowest BCUT2D eigenvalue weighted by atomic mass is 9.89. The van der Waals surface area contributed by atoms with Gasteiger partial charge in [-0.15, -0.1) is 0 Å². The molecule has 2 nitrogen and oxygen atoms in total. The first-order valence-electron chi connectivity index (χ1n) is 6.87. The number of carbonyl (C=O) groups is 1. The molecule has 0 amide bonds. The minimum absolute atomic E-state index is 0.0435. The van der Waals surface area contributed by atoms with Gasteiger partial charge in [-0.3, -0.25) is 4.79 Å². The van der Waals surface area contributed by atoms with Gasteiger partial charge in [-0.25, -0.2) is 0 Å². The van der Waals surface area contributed by atoms with E-state index >= 15 is 0 Å². The summed E-state index contributed by atoms with van der Waals surface area (Å²) in [6.45, 7) is 13.6. The first-order valence-corrected chi connectivity index (χ1v) is 6.87. The van der Waals surface area contributed by atoms with Crippen molar-refractivity contribution in [2.75, 3.05) is 6.54 Å². The normalized spacial score (nSPS) is 12.8. The summed E-state index contributed by atoms with van der Waals surface area (Å²) >= 11 is 0. The van der Waals surface area contributed by atoms with Crippen molar-refractivity contribution in [3.8, 4) is 0 Å². The molecule has 0 saturated heterocycles. The number of hydrogen-bond donors (Lipinski definition) is 1. The molecular formula is C15H31NO. The highest BCUT2D eigenvalue weighted by atomic mass is 16.1. The van der Waals surface area contributed by atoms with Crippen LogP contribution in [0.25, 0.3) is 0 Å². The Morgan fingerprint density at radius 3 is 2.00 bits per heavy atom. The summed E-state index contributed by atoms with van der Waals surface area (Å²) in [5.74, 6) is 0.343. The van der Waals surface area contributed by atoms with E-state index in [0.29, 0.717) is 17.7 Å². The molecule has 0 heterocycles. The van der Waals surface area contributed by atoms with Crippen LogP contribution in [0, 0.1) is 5.41 Å². The molecule has 0 aliphatic heterocycles. The zero-order chi connectivity index (χ0) is 13.5. The Morgan fingerprint density at radius 2 is 1.53 bits per heavy atom. The molecule has 0 rings (SSSR count). The first kappa shape index (κ1) is 16.6. The van der Waals surface area contributed by atoms with E-state index in [4.69, 9.17) is 0 Å². The standard InChI is InChI=1S/C15H31NO/c1-14(2,3)11-9-7-8-10-13(17)12-16-15(4,5)6/h16H,7-12H2,1-6H3. The van der Waals surface area contributed by atoms with Gasteiger partial charge < -0.3 is 5.32 Å². The van der Waals surface area contributed by atoms with Crippen molar-refractivity contribution < 1.29 is 4.79 Å². The Bertz CT molecular complexity index is 220. The molecule has 2 heteroatoms. The van der Waals surface area contributed by atoms with Gasteiger partial charge in [-0.05, 0) is 39.0 Å². The molecule has 0 aromatic heterocycles. The molecule has 0 aliphatic rings. The van der Waals surface area contributed by atoms with Crippen LogP contribution in [0.3, 0.4) is 0 Å². The molecule has 102 valence electrons. The Hall–Kier alpha value is -0.370. The van der Waals surface area contributed by atoms with Crippen LogP contribution >= 0.6 is 0 Å². The largest absolute Gasteiger partial charge is 0.305 e. The molecule has 0 unspecified atom stereocenters. The van der Waals surface area contributed by atoms with E-state index in [1.54, 1.807) is 0 Å². The van der Waals surface area contributed by atoms with Crippen LogP contribution in [0.5, 0.6) is 0 Å². The SMILES string of the molecule is CC(C)(C)CCCCCC(=O)CNC(C)(C)C. The monoisotopic (exact) mass is 241 g/mol. The second kappa shape index (κ2) is 7.15. The Labute approximate surface area is 108 Å². The molecule has 0 saturated carbocycles. The van der Waals surface area contributed by atoms with E-state index in [9.17, 15) is 4.79 Å². The fourth-order valence-electron chi connectivity index (χ4n) is 1.61. The first-order chi connectivity index (χ1) is 7.60. The van der Waals surface area contributed by atoms with E-state index in [1.807, 2.05) is 0 Å². The lowest BCUT2D eigenvalue weighted by Crippen LogP contribution is -2.39. The van der Waals surface area contributed by atoms with Crippen LogP contribution in [0.15, 0.2) is 0 Å².